The monoisotopic (exact) mass is 284 g/mol. The summed E-state index contributed by atoms with van der Waals surface area (Å²) in [6.07, 6.45) is 0.225. The second-order valence-electron chi connectivity index (χ2n) is 4.99. The lowest BCUT2D eigenvalue weighted by atomic mass is 10.1. The highest BCUT2D eigenvalue weighted by molar-refractivity contribution is 5.96. The summed E-state index contributed by atoms with van der Waals surface area (Å²) in [5.74, 6) is -0.403. The largest absolute Gasteiger partial charge is 0.422 e. The molecule has 1 amide bonds. The molecule has 5 nitrogen and oxygen atoms in total. The van der Waals surface area contributed by atoms with E-state index >= 15 is 0 Å². The van der Waals surface area contributed by atoms with Crippen molar-refractivity contribution in [3.8, 4) is 6.07 Å². The standard InChI is InChI=1S/C16H16N2O3/c1-11(2)18(9-5-8-17)15(19)13-10-12-6-3-4-7-14(12)21-16(13)20/h3-4,6-7,10-11H,5,9H2,1-2H3. The highest BCUT2D eigenvalue weighted by Crippen LogP contribution is 2.14. The Kier molecular flexibility index (Phi) is 4.39. The van der Waals surface area contributed by atoms with Gasteiger partial charge >= 0.3 is 5.63 Å². The Balaban J connectivity index is 2.44. The Morgan fingerprint density at radius 1 is 1.38 bits per heavy atom. The quantitative estimate of drug-likeness (QED) is 0.809. The molecule has 0 bridgehead atoms. The van der Waals surface area contributed by atoms with Crippen molar-refractivity contribution in [2.75, 3.05) is 6.54 Å². The van der Waals surface area contributed by atoms with Crippen LogP contribution in [0, 0.1) is 11.3 Å². The topological polar surface area (TPSA) is 74.3 Å². The van der Waals surface area contributed by atoms with Crippen molar-refractivity contribution in [3.63, 3.8) is 0 Å². The molecule has 0 fully saturated rings. The molecular weight excluding hydrogens is 268 g/mol. The highest BCUT2D eigenvalue weighted by atomic mass is 16.4. The summed E-state index contributed by atoms with van der Waals surface area (Å²) < 4.78 is 5.18. The van der Waals surface area contributed by atoms with Crippen molar-refractivity contribution < 1.29 is 9.21 Å². The van der Waals surface area contributed by atoms with Gasteiger partial charge < -0.3 is 9.32 Å². The number of carbonyl (C=O) groups excluding carboxylic acids is 1. The van der Waals surface area contributed by atoms with E-state index in [0.29, 0.717) is 17.5 Å². The summed E-state index contributed by atoms with van der Waals surface area (Å²) in [6.45, 7) is 3.98. The fraction of sp³-hybridized carbons (Fsp3) is 0.312. The minimum Gasteiger partial charge on any atom is -0.422 e. The third-order valence-corrected chi connectivity index (χ3v) is 3.22. The number of hydrogen-bond acceptors (Lipinski definition) is 4. The second-order valence-corrected chi connectivity index (χ2v) is 4.99. The smallest absolute Gasteiger partial charge is 0.349 e. The first kappa shape index (κ1) is 14.8. The predicted molar refractivity (Wildman–Crippen MR) is 78.9 cm³/mol. The Labute approximate surface area is 122 Å². The van der Waals surface area contributed by atoms with Crippen LogP contribution in [0.25, 0.3) is 11.0 Å². The fourth-order valence-electron chi connectivity index (χ4n) is 2.13. The molecular formula is C16H16N2O3. The SMILES string of the molecule is CC(C)N(CCC#N)C(=O)c1cc2ccccc2oc1=O. The summed E-state index contributed by atoms with van der Waals surface area (Å²) in [6, 6.07) is 10.5. The van der Waals surface area contributed by atoms with E-state index < -0.39 is 11.5 Å². The molecule has 5 heteroatoms. The van der Waals surface area contributed by atoms with Crippen LogP contribution in [0.3, 0.4) is 0 Å². The van der Waals surface area contributed by atoms with E-state index in [1.807, 2.05) is 26.0 Å². The van der Waals surface area contributed by atoms with Gasteiger partial charge in [-0.15, -0.1) is 0 Å². The third-order valence-electron chi connectivity index (χ3n) is 3.22. The summed E-state index contributed by atoms with van der Waals surface area (Å²) in [5.41, 5.74) is -0.200. The Bertz CT molecular complexity index is 756. The van der Waals surface area contributed by atoms with Gasteiger partial charge in [0.25, 0.3) is 5.91 Å². The summed E-state index contributed by atoms with van der Waals surface area (Å²) in [7, 11) is 0. The molecule has 0 N–H and O–H groups in total. The van der Waals surface area contributed by atoms with E-state index in [0.717, 1.165) is 0 Å². The van der Waals surface area contributed by atoms with E-state index in [1.165, 1.54) is 4.90 Å². The summed E-state index contributed by atoms with van der Waals surface area (Å²) >= 11 is 0. The first-order valence-corrected chi connectivity index (χ1v) is 6.75. The molecule has 1 aromatic heterocycles. The molecule has 2 aromatic rings. The van der Waals surface area contributed by atoms with Crippen molar-refractivity contribution in [3.05, 3.63) is 46.3 Å². The number of benzene rings is 1. The van der Waals surface area contributed by atoms with Gasteiger partial charge in [0.05, 0.1) is 12.5 Å². The van der Waals surface area contributed by atoms with E-state index in [9.17, 15) is 9.59 Å². The molecule has 2 rings (SSSR count). The number of hydrogen-bond donors (Lipinski definition) is 0. The van der Waals surface area contributed by atoms with Crippen molar-refractivity contribution in [1.82, 2.24) is 4.90 Å². The molecule has 0 spiro atoms. The van der Waals surface area contributed by atoms with Crippen LogP contribution in [0.4, 0.5) is 0 Å². The molecule has 0 unspecified atom stereocenters. The zero-order valence-corrected chi connectivity index (χ0v) is 12.0. The van der Waals surface area contributed by atoms with Gasteiger partial charge in [-0.3, -0.25) is 4.79 Å². The number of carbonyl (C=O) groups is 1. The Morgan fingerprint density at radius 2 is 2.10 bits per heavy atom. The number of para-hydroxylation sites is 1. The number of nitrogens with zero attached hydrogens (tertiary/aromatic N) is 2. The van der Waals surface area contributed by atoms with Gasteiger partial charge in [0.2, 0.25) is 0 Å². The van der Waals surface area contributed by atoms with E-state index in [-0.39, 0.29) is 18.0 Å². The molecule has 21 heavy (non-hydrogen) atoms. The van der Waals surface area contributed by atoms with Crippen LogP contribution in [0.15, 0.2) is 39.5 Å². The molecule has 1 aromatic carbocycles. The van der Waals surface area contributed by atoms with Crippen LogP contribution in [0.5, 0.6) is 0 Å². The molecule has 0 saturated heterocycles. The Morgan fingerprint density at radius 3 is 2.76 bits per heavy atom. The van der Waals surface area contributed by atoms with Crippen molar-refractivity contribution >= 4 is 16.9 Å². The zero-order valence-electron chi connectivity index (χ0n) is 12.0. The minimum absolute atomic E-state index is 0.000315. The van der Waals surface area contributed by atoms with E-state index in [1.54, 1.807) is 24.3 Å². The normalized spacial score (nSPS) is 10.6. The van der Waals surface area contributed by atoms with Gasteiger partial charge in [0.1, 0.15) is 11.1 Å². The molecule has 108 valence electrons. The van der Waals surface area contributed by atoms with Gasteiger partial charge in [0, 0.05) is 18.0 Å². The maximum atomic E-state index is 12.5. The molecule has 0 aliphatic rings. The van der Waals surface area contributed by atoms with Crippen LogP contribution in [0.1, 0.15) is 30.6 Å². The van der Waals surface area contributed by atoms with Gasteiger partial charge in [-0.25, -0.2) is 4.79 Å². The highest BCUT2D eigenvalue weighted by Gasteiger charge is 2.22. The average Bonchev–Trinajstić information content (AvgIpc) is 2.46. The minimum atomic E-state index is -0.652. The lowest BCUT2D eigenvalue weighted by molar-refractivity contribution is 0.0706. The van der Waals surface area contributed by atoms with Crippen molar-refractivity contribution in [1.29, 1.82) is 5.26 Å². The number of rotatable bonds is 4. The van der Waals surface area contributed by atoms with Crippen molar-refractivity contribution in [2.45, 2.75) is 26.3 Å². The molecule has 0 aliphatic carbocycles. The van der Waals surface area contributed by atoms with Gasteiger partial charge in [0.15, 0.2) is 0 Å². The van der Waals surface area contributed by atoms with Crippen molar-refractivity contribution in [2.24, 2.45) is 0 Å². The van der Waals surface area contributed by atoms with Crippen LogP contribution < -0.4 is 5.63 Å². The number of amides is 1. The summed E-state index contributed by atoms with van der Waals surface area (Å²) in [4.78, 5) is 26.0. The number of fused-ring (bicyclic) bond motifs is 1. The summed E-state index contributed by atoms with van der Waals surface area (Å²) in [5, 5.41) is 9.38. The van der Waals surface area contributed by atoms with E-state index in [2.05, 4.69) is 0 Å². The lowest BCUT2D eigenvalue weighted by Gasteiger charge is -2.25. The molecule has 0 aliphatic heterocycles. The predicted octanol–water partition coefficient (Wildman–Crippen LogP) is 2.56. The third kappa shape index (κ3) is 3.11. The first-order chi connectivity index (χ1) is 10.0. The van der Waals surface area contributed by atoms with Gasteiger partial charge in [-0.2, -0.15) is 5.26 Å². The van der Waals surface area contributed by atoms with E-state index in [4.69, 9.17) is 9.68 Å². The Hall–Kier alpha value is -2.61. The van der Waals surface area contributed by atoms with Crippen LogP contribution >= 0.6 is 0 Å². The maximum absolute atomic E-state index is 12.5. The molecule has 0 radical (unpaired) electrons. The fourth-order valence-corrected chi connectivity index (χ4v) is 2.13. The zero-order chi connectivity index (χ0) is 15.4. The average molecular weight is 284 g/mol. The molecule has 0 atom stereocenters. The second kappa shape index (κ2) is 6.23. The van der Waals surface area contributed by atoms with Gasteiger partial charge in [-0.1, -0.05) is 18.2 Å². The molecule has 0 saturated carbocycles. The van der Waals surface area contributed by atoms with Crippen LogP contribution in [0.2, 0.25) is 0 Å². The van der Waals surface area contributed by atoms with Crippen LogP contribution in [-0.2, 0) is 0 Å². The maximum Gasteiger partial charge on any atom is 0.349 e. The lowest BCUT2D eigenvalue weighted by Crippen LogP contribution is -2.39. The van der Waals surface area contributed by atoms with Crippen LogP contribution in [-0.4, -0.2) is 23.4 Å². The molecule has 1 heterocycles. The first-order valence-electron chi connectivity index (χ1n) is 6.75. The number of nitriles is 1. The van der Waals surface area contributed by atoms with Gasteiger partial charge in [-0.05, 0) is 26.0 Å².